The molecular formula is C28H38. The number of hydrogen-bond acceptors (Lipinski definition) is 0. The lowest BCUT2D eigenvalue weighted by molar-refractivity contribution is 0.464. The summed E-state index contributed by atoms with van der Waals surface area (Å²) in [7, 11) is 0. The van der Waals surface area contributed by atoms with Gasteiger partial charge in [-0.1, -0.05) is 114 Å². The molecular weight excluding hydrogens is 336 g/mol. The molecule has 1 aliphatic carbocycles. The molecule has 0 nitrogen and oxygen atoms in total. The number of hydrogen-bond donors (Lipinski definition) is 0. The molecule has 0 heterocycles. The molecule has 28 heavy (non-hydrogen) atoms. The molecule has 2 aromatic rings. The Labute approximate surface area is 173 Å². The molecule has 0 saturated carbocycles. The second kappa shape index (κ2) is 12.9. The van der Waals surface area contributed by atoms with Gasteiger partial charge in [-0.3, -0.25) is 0 Å². The Morgan fingerprint density at radius 3 is 2.39 bits per heavy atom. The first kappa shape index (κ1) is 23.7. The first-order valence-electron chi connectivity index (χ1n) is 10.9. The third kappa shape index (κ3) is 6.09. The fraction of sp³-hybridized carbons (Fsp3) is 0.357. The molecule has 0 amide bonds. The zero-order valence-electron chi connectivity index (χ0n) is 18.7. The summed E-state index contributed by atoms with van der Waals surface area (Å²) in [5, 5.41) is 0. The highest BCUT2D eigenvalue weighted by atomic mass is 14.3. The van der Waals surface area contributed by atoms with E-state index >= 15 is 0 Å². The van der Waals surface area contributed by atoms with Gasteiger partial charge < -0.3 is 0 Å². The van der Waals surface area contributed by atoms with Gasteiger partial charge in [0.1, 0.15) is 0 Å². The van der Waals surface area contributed by atoms with Crippen molar-refractivity contribution >= 4 is 5.57 Å². The van der Waals surface area contributed by atoms with Gasteiger partial charge in [0.15, 0.2) is 0 Å². The highest BCUT2D eigenvalue weighted by Crippen LogP contribution is 2.39. The number of fused-ring (bicyclic) bond motifs is 1. The second-order valence-electron chi connectivity index (χ2n) is 6.78. The van der Waals surface area contributed by atoms with E-state index in [0.29, 0.717) is 5.92 Å². The maximum Gasteiger partial charge on any atom is 0.00949 e. The minimum Gasteiger partial charge on any atom is -0.0990 e. The summed E-state index contributed by atoms with van der Waals surface area (Å²) in [6.45, 7) is 16.3. The molecule has 0 saturated heterocycles. The molecule has 0 fully saturated rings. The van der Waals surface area contributed by atoms with Gasteiger partial charge in [0.05, 0.1) is 0 Å². The van der Waals surface area contributed by atoms with Gasteiger partial charge in [-0.25, -0.2) is 0 Å². The molecule has 0 heteroatoms. The molecule has 0 N–H and O–H groups in total. The summed E-state index contributed by atoms with van der Waals surface area (Å²) in [5.74, 6) is 1.23. The van der Waals surface area contributed by atoms with E-state index in [2.05, 4.69) is 87.2 Å². The van der Waals surface area contributed by atoms with Crippen molar-refractivity contribution in [2.75, 3.05) is 0 Å². The van der Waals surface area contributed by atoms with Gasteiger partial charge >= 0.3 is 0 Å². The average Bonchev–Trinajstić information content (AvgIpc) is 2.76. The summed E-state index contributed by atoms with van der Waals surface area (Å²) in [6.07, 6.45) is 10.6. The minimum absolute atomic E-state index is 0.500. The topological polar surface area (TPSA) is 0 Å². The molecule has 3 rings (SSSR count). The molecule has 0 bridgehead atoms. The van der Waals surface area contributed by atoms with Gasteiger partial charge in [-0.15, -0.1) is 0 Å². The van der Waals surface area contributed by atoms with Crippen molar-refractivity contribution < 1.29 is 0 Å². The molecule has 0 aromatic heterocycles. The predicted octanol–water partition coefficient (Wildman–Crippen LogP) is 8.60. The molecule has 0 spiro atoms. The standard InChI is InChI=1S/C24H26.2C2H6/c1-4-9-19(10-5-2)20-12-8-13-22(17-20)24-16-18(3)15-21-11-6-7-14-23(21)24;2*1-2/h4-14,17-18,24H,1,15-16H2,2-3H3;2*1-2H3/b10-5-,19-9+;;/t18-,24-;;/m0../s1. The SMILES string of the molecule is C=C/C=C(\C=C/C)c1cccc([C@@H]2C[C@@H](C)Cc3ccccc32)c1.CC.CC. The fourth-order valence-corrected chi connectivity index (χ4v) is 3.85. The van der Waals surface area contributed by atoms with Crippen molar-refractivity contribution in [3.8, 4) is 0 Å². The molecule has 150 valence electrons. The third-order valence-electron chi connectivity index (χ3n) is 4.90. The van der Waals surface area contributed by atoms with Gasteiger partial charge in [0.25, 0.3) is 0 Å². The summed E-state index contributed by atoms with van der Waals surface area (Å²) < 4.78 is 0. The zero-order chi connectivity index (χ0) is 20.9. The van der Waals surface area contributed by atoms with Crippen LogP contribution in [0.3, 0.4) is 0 Å². The van der Waals surface area contributed by atoms with Crippen LogP contribution < -0.4 is 0 Å². The Morgan fingerprint density at radius 1 is 1.00 bits per heavy atom. The Morgan fingerprint density at radius 2 is 1.71 bits per heavy atom. The van der Waals surface area contributed by atoms with Crippen LogP contribution in [-0.2, 0) is 6.42 Å². The Kier molecular flexibility index (Phi) is 11.0. The Bertz CT molecular complexity index is 776. The van der Waals surface area contributed by atoms with Crippen LogP contribution in [0, 0.1) is 5.92 Å². The summed E-state index contributed by atoms with van der Waals surface area (Å²) >= 11 is 0. The van der Waals surface area contributed by atoms with Crippen LogP contribution in [0.4, 0.5) is 0 Å². The van der Waals surface area contributed by atoms with Crippen LogP contribution in [0.25, 0.3) is 5.57 Å². The van der Waals surface area contributed by atoms with Crippen molar-refractivity contribution in [2.24, 2.45) is 5.92 Å². The number of allylic oxidation sites excluding steroid dienone is 5. The normalized spacial score (nSPS) is 18.3. The second-order valence-corrected chi connectivity index (χ2v) is 6.78. The summed E-state index contributed by atoms with van der Waals surface area (Å²) in [4.78, 5) is 0. The maximum atomic E-state index is 3.85. The first-order chi connectivity index (χ1) is 13.7. The number of rotatable bonds is 4. The van der Waals surface area contributed by atoms with E-state index in [9.17, 15) is 0 Å². The largest absolute Gasteiger partial charge is 0.0990 e. The van der Waals surface area contributed by atoms with Crippen LogP contribution in [0.15, 0.2) is 79.4 Å². The first-order valence-corrected chi connectivity index (χ1v) is 10.9. The lowest BCUT2D eigenvalue weighted by atomic mass is 9.74. The quantitative estimate of drug-likeness (QED) is 0.470. The van der Waals surface area contributed by atoms with E-state index < -0.39 is 0 Å². The molecule has 2 aromatic carbocycles. The Balaban J connectivity index is 0.000000921. The third-order valence-corrected chi connectivity index (χ3v) is 4.90. The molecule has 1 aliphatic rings. The van der Waals surface area contributed by atoms with Crippen molar-refractivity contribution in [3.63, 3.8) is 0 Å². The smallest absolute Gasteiger partial charge is 0.00949 e. The van der Waals surface area contributed by atoms with Crippen LogP contribution in [0.1, 0.15) is 76.1 Å². The average molecular weight is 375 g/mol. The molecule has 0 aliphatic heterocycles. The van der Waals surface area contributed by atoms with E-state index in [1.807, 2.05) is 33.8 Å². The Hall–Kier alpha value is -2.34. The molecule has 0 unspecified atom stereocenters. The minimum atomic E-state index is 0.500. The van der Waals surface area contributed by atoms with E-state index in [0.717, 1.165) is 5.92 Å². The summed E-state index contributed by atoms with van der Waals surface area (Å²) in [5.41, 5.74) is 6.92. The predicted molar refractivity (Wildman–Crippen MR) is 128 cm³/mol. The van der Waals surface area contributed by atoms with Gasteiger partial charge in [-0.05, 0) is 53.5 Å². The highest BCUT2D eigenvalue weighted by molar-refractivity contribution is 5.75. The number of benzene rings is 2. The maximum absolute atomic E-state index is 3.85. The van der Waals surface area contributed by atoms with Crippen LogP contribution in [-0.4, -0.2) is 0 Å². The van der Waals surface area contributed by atoms with E-state index in [1.165, 1.54) is 40.7 Å². The van der Waals surface area contributed by atoms with Crippen molar-refractivity contribution in [3.05, 3.63) is 102 Å². The van der Waals surface area contributed by atoms with Gasteiger partial charge in [0.2, 0.25) is 0 Å². The van der Waals surface area contributed by atoms with E-state index in [4.69, 9.17) is 0 Å². The van der Waals surface area contributed by atoms with E-state index in [-0.39, 0.29) is 0 Å². The van der Waals surface area contributed by atoms with Crippen molar-refractivity contribution in [1.82, 2.24) is 0 Å². The van der Waals surface area contributed by atoms with Crippen LogP contribution in [0.5, 0.6) is 0 Å². The van der Waals surface area contributed by atoms with Gasteiger partial charge in [0, 0.05) is 5.92 Å². The monoisotopic (exact) mass is 374 g/mol. The van der Waals surface area contributed by atoms with Crippen LogP contribution in [0.2, 0.25) is 0 Å². The van der Waals surface area contributed by atoms with Crippen LogP contribution >= 0.6 is 0 Å². The highest BCUT2D eigenvalue weighted by Gasteiger charge is 2.25. The fourth-order valence-electron chi connectivity index (χ4n) is 3.85. The molecule has 0 radical (unpaired) electrons. The van der Waals surface area contributed by atoms with E-state index in [1.54, 1.807) is 0 Å². The lowest BCUT2D eigenvalue weighted by Gasteiger charge is -2.30. The van der Waals surface area contributed by atoms with Crippen molar-refractivity contribution in [1.29, 1.82) is 0 Å². The molecule has 2 atom stereocenters. The van der Waals surface area contributed by atoms with Gasteiger partial charge in [-0.2, -0.15) is 0 Å². The lowest BCUT2D eigenvalue weighted by Crippen LogP contribution is -2.17. The zero-order valence-corrected chi connectivity index (χ0v) is 18.7. The van der Waals surface area contributed by atoms with Crippen molar-refractivity contribution in [2.45, 2.75) is 60.3 Å². The summed E-state index contributed by atoms with van der Waals surface area (Å²) in [6, 6.07) is 18.0.